The van der Waals surface area contributed by atoms with Crippen LogP contribution in [0, 0.1) is 5.82 Å². The summed E-state index contributed by atoms with van der Waals surface area (Å²) in [4.78, 5) is 32.2. The minimum Gasteiger partial charge on any atom is -0.335 e. The van der Waals surface area contributed by atoms with Crippen LogP contribution in [0.15, 0.2) is 72.1 Å². The molecule has 0 atom stereocenters. The molecule has 0 saturated heterocycles. The number of anilines is 2. The molecule has 0 saturated carbocycles. The molecule has 7 heteroatoms. The number of carbonyl (C=O) groups excluding carboxylic acids is 2. The maximum Gasteiger partial charge on any atom is 0.246 e. The summed E-state index contributed by atoms with van der Waals surface area (Å²) in [5.74, 6) is -0.941. The number of thiazole rings is 1. The molecule has 2 heterocycles. The van der Waals surface area contributed by atoms with Crippen LogP contribution < -0.4 is 4.90 Å². The van der Waals surface area contributed by atoms with E-state index in [9.17, 15) is 14.0 Å². The van der Waals surface area contributed by atoms with Gasteiger partial charge in [0, 0.05) is 31.5 Å². The van der Waals surface area contributed by atoms with Crippen molar-refractivity contribution < 1.29 is 14.0 Å². The third-order valence-electron chi connectivity index (χ3n) is 5.17. The summed E-state index contributed by atoms with van der Waals surface area (Å²) in [7, 11) is 0. The molecule has 0 unspecified atom stereocenters. The van der Waals surface area contributed by atoms with Gasteiger partial charge in [-0.2, -0.15) is 0 Å². The van der Waals surface area contributed by atoms with Gasteiger partial charge in [-0.1, -0.05) is 48.5 Å². The van der Waals surface area contributed by atoms with Crippen molar-refractivity contribution in [3.05, 3.63) is 89.2 Å². The minimum atomic E-state index is -0.502. The summed E-state index contributed by atoms with van der Waals surface area (Å²) in [6.07, 6.45) is 6.01. The number of amides is 2. The zero-order chi connectivity index (χ0) is 22.5. The second-order valence-electron chi connectivity index (χ2n) is 7.32. The number of aromatic nitrogens is 1. The van der Waals surface area contributed by atoms with Crippen molar-refractivity contribution in [2.45, 2.75) is 13.3 Å². The molecule has 0 spiro atoms. The van der Waals surface area contributed by atoms with E-state index in [2.05, 4.69) is 23.2 Å². The lowest BCUT2D eigenvalue weighted by atomic mass is 9.99. The molecule has 1 aliphatic rings. The largest absolute Gasteiger partial charge is 0.335 e. The normalized spacial score (nSPS) is 13.8. The molecule has 1 aromatic heterocycles. The van der Waals surface area contributed by atoms with E-state index in [-0.39, 0.29) is 17.5 Å². The highest BCUT2D eigenvalue weighted by Gasteiger charge is 2.21. The van der Waals surface area contributed by atoms with Gasteiger partial charge in [0.15, 0.2) is 5.13 Å². The van der Waals surface area contributed by atoms with Crippen molar-refractivity contribution in [1.29, 1.82) is 0 Å². The van der Waals surface area contributed by atoms with Crippen LogP contribution in [0.1, 0.15) is 24.6 Å². The molecule has 2 amide bonds. The smallest absolute Gasteiger partial charge is 0.246 e. The number of para-hydroxylation sites is 1. The van der Waals surface area contributed by atoms with E-state index in [0.717, 1.165) is 6.42 Å². The van der Waals surface area contributed by atoms with Crippen LogP contribution >= 0.6 is 11.3 Å². The van der Waals surface area contributed by atoms with Gasteiger partial charge in [0.2, 0.25) is 11.8 Å². The minimum absolute atomic E-state index is 0.0968. The van der Waals surface area contributed by atoms with Crippen molar-refractivity contribution in [3.63, 3.8) is 0 Å². The van der Waals surface area contributed by atoms with E-state index >= 15 is 0 Å². The van der Waals surface area contributed by atoms with E-state index in [1.54, 1.807) is 28.5 Å². The average Bonchev–Trinajstić information content (AvgIpc) is 3.28. The second-order valence-corrected chi connectivity index (χ2v) is 8.16. The maximum absolute atomic E-state index is 14.2. The Balaban J connectivity index is 1.44. The second kappa shape index (κ2) is 9.70. The standard InChI is InChI=1S/C25H22FN3O2S/c1-18(30)29(23-10-6-5-9-22(23)26)25-27-21(17-32-25)11-12-24(31)28-15-13-20(14-16-28)19-7-3-2-4-8-19/h2-13,17H,14-16H2,1H3/b12-11+. The molecule has 0 radical (unpaired) electrons. The van der Waals surface area contributed by atoms with Crippen LogP contribution in [-0.2, 0) is 9.59 Å². The lowest BCUT2D eigenvalue weighted by Crippen LogP contribution is -2.33. The Kier molecular flexibility index (Phi) is 6.56. The first-order valence-electron chi connectivity index (χ1n) is 10.2. The third-order valence-corrected chi connectivity index (χ3v) is 6.02. The zero-order valence-electron chi connectivity index (χ0n) is 17.6. The van der Waals surface area contributed by atoms with Crippen molar-refractivity contribution >= 4 is 45.6 Å². The van der Waals surface area contributed by atoms with Crippen LogP contribution in [0.25, 0.3) is 11.6 Å². The molecule has 2 aromatic carbocycles. The summed E-state index contributed by atoms with van der Waals surface area (Å²) in [5.41, 5.74) is 3.13. The Hall–Kier alpha value is -3.58. The highest BCUT2D eigenvalue weighted by atomic mass is 32.1. The third kappa shape index (κ3) is 4.84. The molecule has 3 aromatic rings. The molecule has 162 valence electrons. The SMILES string of the molecule is CC(=O)N(c1nc(/C=C/C(=O)N2CC=C(c3ccccc3)CC2)cs1)c1ccccc1F. The van der Waals surface area contributed by atoms with Crippen LogP contribution in [0.5, 0.6) is 0 Å². The molecular weight excluding hydrogens is 425 g/mol. The molecule has 1 aliphatic heterocycles. The Bertz CT molecular complexity index is 1190. The lowest BCUT2D eigenvalue weighted by molar-refractivity contribution is -0.125. The van der Waals surface area contributed by atoms with Gasteiger partial charge in [-0.05, 0) is 35.8 Å². The van der Waals surface area contributed by atoms with Crippen LogP contribution in [0.4, 0.5) is 15.2 Å². The monoisotopic (exact) mass is 447 g/mol. The van der Waals surface area contributed by atoms with Gasteiger partial charge >= 0.3 is 0 Å². The van der Waals surface area contributed by atoms with Gasteiger partial charge in [0.05, 0.1) is 11.4 Å². The van der Waals surface area contributed by atoms with Gasteiger partial charge in [0.25, 0.3) is 0 Å². The molecule has 4 rings (SSSR count). The summed E-state index contributed by atoms with van der Waals surface area (Å²) in [6, 6.07) is 16.2. The van der Waals surface area contributed by atoms with Crippen LogP contribution in [0.3, 0.4) is 0 Å². The fraction of sp³-hybridized carbons (Fsp3) is 0.160. The molecule has 0 aliphatic carbocycles. The summed E-state index contributed by atoms with van der Waals surface area (Å²) >= 11 is 1.22. The van der Waals surface area contributed by atoms with Crippen LogP contribution in [-0.4, -0.2) is 34.8 Å². The summed E-state index contributed by atoms with van der Waals surface area (Å²) in [5, 5.41) is 2.09. The summed E-state index contributed by atoms with van der Waals surface area (Å²) in [6.45, 7) is 2.57. The first kappa shape index (κ1) is 21.6. The molecule has 0 fully saturated rings. The number of hydrogen-bond acceptors (Lipinski definition) is 4. The van der Waals surface area contributed by atoms with Crippen molar-refractivity contribution in [2.75, 3.05) is 18.0 Å². The zero-order valence-corrected chi connectivity index (χ0v) is 18.4. The Morgan fingerprint density at radius 3 is 2.56 bits per heavy atom. The number of benzene rings is 2. The topological polar surface area (TPSA) is 53.5 Å². The van der Waals surface area contributed by atoms with Gasteiger partial charge in [0.1, 0.15) is 5.82 Å². The number of halogens is 1. The number of hydrogen-bond donors (Lipinski definition) is 0. The fourth-order valence-electron chi connectivity index (χ4n) is 3.54. The Morgan fingerprint density at radius 1 is 1.12 bits per heavy atom. The molecule has 0 bridgehead atoms. The first-order valence-corrected chi connectivity index (χ1v) is 11.1. The fourth-order valence-corrected chi connectivity index (χ4v) is 4.39. The van der Waals surface area contributed by atoms with Gasteiger partial charge in [-0.3, -0.25) is 14.5 Å². The van der Waals surface area contributed by atoms with Crippen molar-refractivity contribution in [2.24, 2.45) is 0 Å². The highest BCUT2D eigenvalue weighted by Crippen LogP contribution is 2.31. The Morgan fingerprint density at radius 2 is 1.88 bits per heavy atom. The molecule has 32 heavy (non-hydrogen) atoms. The predicted molar refractivity (Wildman–Crippen MR) is 126 cm³/mol. The van der Waals surface area contributed by atoms with Crippen molar-refractivity contribution in [1.82, 2.24) is 9.88 Å². The predicted octanol–water partition coefficient (Wildman–Crippen LogP) is 5.30. The van der Waals surface area contributed by atoms with E-state index in [1.165, 1.54) is 52.5 Å². The quantitative estimate of drug-likeness (QED) is 0.499. The van der Waals surface area contributed by atoms with E-state index in [0.29, 0.717) is 23.9 Å². The maximum atomic E-state index is 14.2. The van der Waals surface area contributed by atoms with E-state index < -0.39 is 5.82 Å². The molecule has 0 N–H and O–H groups in total. The molecule has 5 nitrogen and oxygen atoms in total. The lowest BCUT2D eigenvalue weighted by Gasteiger charge is -2.25. The van der Waals surface area contributed by atoms with Crippen molar-refractivity contribution in [3.8, 4) is 0 Å². The number of rotatable bonds is 5. The van der Waals surface area contributed by atoms with E-state index in [1.807, 2.05) is 18.2 Å². The number of carbonyl (C=O) groups is 2. The number of nitrogens with zero attached hydrogens (tertiary/aromatic N) is 3. The summed E-state index contributed by atoms with van der Waals surface area (Å²) < 4.78 is 14.2. The average molecular weight is 448 g/mol. The van der Waals surface area contributed by atoms with E-state index in [4.69, 9.17) is 0 Å². The molecular formula is C25H22FN3O2S. The van der Waals surface area contributed by atoms with Gasteiger partial charge in [-0.15, -0.1) is 11.3 Å². The highest BCUT2D eigenvalue weighted by molar-refractivity contribution is 7.14. The Labute approximate surface area is 190 Å². The van der Waals surface area contributed by atoms with Gasteiger partial charge in [-0.25, -0.2) is 9.37 Å². The first-order chi connectivity index (χ1) is 15.5. The van der Waals surface area contributed by atoms with Crippen LogP contribution in [0.2, 0.25) is 0 Å². The van der Waals surface area contributed by atoms with Gasteiger partial charge < -0.3 is 4.90 Å².